The largest absolute Gasteiger partial charge is 0.417 e. The molecule has 1 atom stereocenters. The van der Waals surface area contributed by atoms with Crippen molar-refractivity contribution in [1.82, 2.24) is 0 Å². The highest BCUT2D eigenvalue weighted by Gasteiger charge is 2.42. The molecule has 0 aromatic heterocycles. The molecule has 154 valence electrons. The average molecular weight is 447 g/mol. The summed E-state index contributed by atoms with van der Waals surface area (Å²) >= 11 is 5.55. The molecule has 0 aliphatic carbocycles. The summed E-state index contributed by atoms with van der Waals surface area (Å²) in [5, 5.41) is 1.83. The number of anilines is 2. The Bertz CT molecular complexity index is 1090. The van der Waals surface area contributed by atoms with Crippen LogP contribution in [0, 0.1) is 5.92 Å². The van der Waals surface area contributed by atoms with E-state index in [1.807, 2.05) is 0 Å². The summed E-state index contributed by atoms with van der Waals surface area (Å²) in [5.41, 5.74) is -1.04. The van der Waals surface area contributed by atoms with Crippen molar-refractivity contribution in [3.8, 4) is 0 Å². The lowest BCUT2D eigenvalue weighted by Gasteiger charge is -2.16. The van der Waals surface area contributed by atoms with Crippen LogP contribution < -0.4 is 9.62 Å². The van der Waals surface area contributed by atoms with E-state index in [4.69, 9.17) is 11.6 Å². The molecule has 1 fully saturated rings. The van der Waals surface area contributed by atoms with E-state index in [1.165, 1.54) is 37.3 Å². The highest BCUT2D eigenvalue weighted by molar-refractivity contribution is 7.94. The fraction of sp³-hybridized carbons (Fsp3) is 0.222. The van der Waals surface area contributed by atoms with Gasteiger partial charge in [0.05, 0.1) is 27.9 Å². The molecule has 0 unspecified atom stereocenters. The van der Waals surface area contributed by atoms with E-state index in [9.17, 15) is 31.2 Å². The van der Waals surface area contributed by atoms with Crippen molar-refractivity contribution in [3.05, 3.63) is 58.6 Å². The molecule has 1 N–H and O–H groups in total. The number of carbonyl (C=O) groups is 2. The number of halogens is 4. The third-order valence-electron chi connectivity index (χ3n) is 4.25. The van der Waals surface area contributed by atoms with Gasteiger partial charge in [0.1, 0.15) is 0 Å². The normalized spacial score (nSPS) is 18.7. The summed E-state index contributed by atoms with van der Waals surface area (Å²) in [6.45, 7) is 1.50. The van der Waals surface area contributed by atoms with Gasteiger partial charge in [-0.15, -0.1) is 0 Å². The molecule has 29 heavy (non-hydrogen) atoms. The minimum atomic E-state index is -4.68. The van der Waals surface area contributed by atoms with E-state index in [2.05, 4.69) is 5.32 Å². The van der Waals surface area contributed by atoms with E-state index in [1.54, 1.807) is 0 Å². The van der Waals surface area contributed by atoms with Crippen LogP contribution in [0.2, 0.25) is 5.02 Å². The Morgan fingerprint density at radius 3 is 2.31 bits per heavy atom. The van der Waals surface area contributed by atoms with Crippen molar-refractivity contribution >= 4 is 44.8 Å². The van der Waals surface area contributed by atoms with Gasteiger partial charge in [-0.25, -0.2) is 12.7 Å². The molecule has 2 aromatic carbocycles. The molecule has 0 spiro atoms. The average Bonchev–Trinajstić information content (AvgIpc) is 2.83. The van der Waals surface area contributed by atoms with Crippen LogP contribution in [0.1, 0.15) is 22.8 Å². The number of sulfonamides is 1. The second-order valence-corrected chi connectivity index (χ2v) is 8.75. The molecule has 3 rings (SSSR count). The number of amides is 2. The first-order chi connectivity index (χ1) is 13.4. The number of carbonyl (C=O) groups excluding carboxylic acids is 2. The predicted molar refractivity (Wildman–Crippen MR) is 101 cm³/mol. The Kier molecular flexibility index (Phi) is 5.35. The van der Waals surface area contributed by atoms with Gasteiger partial charge in [-0.3, -0.25) is 9.59 Å². The predicted octanol–water partition coefficient (Wildman–Crippen LogP) is 3.92. The van der Waals surface area contributed by atoms with Crippen LogP contribution in [0.3, 0.4) is 0 Å². The smallest absolute Gasteiger partial charge is 0.322 e. The second kappa shape index (κ2) is 7.34. The zero-order valence-electron chi connectivity index (χ0n) is 14.8. The van der Waals surface area contributed by atoms with E-state index in [0.29, 0.717) is 10.4 Å². The lowest BCUT2D eigenvalue weighted by Crippen LogP contribution is -2.30. The van der Waals surface area contributed by atoms with Crippen molar-refractivity contribution in [1.29, 1.82) is 0 Å². The van der Waals surface area contributed by atoms with Gasteiger partial charge in [0, 0.05) is 11.3 Å². The quantitative estimate of drug-likeness (QED) is 0.774. The summed E-state index contributed by atoms with van der Waals surface area (Å²) in [6.07, 6.45) is -4.68. The Hall–Kier alpha value is -2.59. The maximum atomic E-state index is 12.9. The maximum Gasteiger partial charge on any atom is 0.417 e. The first-order valence-electron chi connectivity index (χ1n) is 8.25. The number of nitrogens with one attached hydrogen (secondary N) is 1. The molecule has 0 saturated carbocycles. The molecule has 2 amide bonds. The highest BCUT2D eigenvalue weighted by Crippen LogP contribution is 2.36. The van der Waals surface area contributed by atoms with Gasteiger partial charge in [0.2, 0.25) is 15.9 Å². The highest BCUT2D eigenvalue weighted by atomic mass is 35.5. The van der Waals surface area contributed by atoms with Crippen LogP contribution in [0.15, 0.2) is 42.5 Å². The van der Waals surface area contributed by atoms with E-state index in [-0.39, 0.29) is 22.7 Å². The zero-order chi connectivity index (χ0) is 21.6. The van der Waals surface area contributed by atoms with Gasteiger partial charge in [0.25, 0.3) is 5.91 Å². The summed E-state index contributed by atoms with van der Waals surface area (Å²) < 4.78 is 63.7. The molecule has 1 aliphatic rings. The Labute approximate surface area is 169 Å². The van der Waals surface area contributed by atoms with Gasteiger partial charge < -0.3 is 5.32 Å². The summed E-state index contributed by atoms with van der Waals surface area (Å²) in [5.74, 6) is -2.25. The number of hydrogen-bond donors (Lipinski definition) is 1. The minimum absolute atomic E-state index is 0.0642. The van der Waals surface area contributed by atoms with Crippen LogP contribution in [0.4, 0.5) is 24.5 Å². The first-order valence-corrected chi connectivity index (χ1v) is 10.2. The van der Waals surface area contributed by atoms with Gasteiger partial charge in [-0.2, -0.15) is 13.2 Å². The van der Waals surface area contributed by atoms with Gasteiger partial charge in [0.15, 0.2) is 0 Å². The molecular weight excluding hydrogens is 433 g/mol. The topological polar surface area (TPSA) is 83.6 Å². The Morgan fingerprint density at radius 1 is 1.17 bits per heavy atom. The van der Waals surface area contributed by atoms with E-state index < -0.39 is 44.5 Å². The minimum Gasteiger partial charge on any atom is -0.322 e. The van der Waals surface area contributed by atoms with Crippen molar-refractivity contribution in [2.45, 2.75) is 13.1 Å². The standard InChI is InChI=1S/C18H14ClF3N2O4S/c1-10-9-29(27,28)24(17(10)26)13-5-2-11(3-6-13)16(25)23-12-4-7-15(19)14(8-12)18(20,21)22/h2-8,10H,9H2,1H3,(H,23,25)/t10-/m0/s1. The van der Waals surface area contributed by atoms with E-state index in [0.717, 1.165) is 6.07 Å². The zero-order valence-corrected chi connectivity index (χ0v) is 16.4. The number of benzene rings is 2. The van der Waals surface area contributed by atoms with Crippen LogP contribution in [-0.2, 0) is 21.0 Å². The molecule has 1 saturated heterocycles. The maximum absolute atomic E-state index is 12.9. The lowest BCUT2D eigenvalue weighted by molar-refractivity contribution is -0.137. The first kappa shape index (κ1) is 21.1. The van der Waals surface area contributed by atoms with Gasteiger partial charge in [-0.05, 0) is 42.5 Å². The molecule has 1 aliphatic heterocycles. The van der Waals surface area contributed by atoms with Gasteiger partial charge >= 0.3 is 6.18 Å². The number of alkyl halides is 3. The number of rotatable bonds is 3. The SMILES string of the molecule is C[C@H]1CS(=O)(=O)N(c2ccc(C(=O)Nc3ccc(Cl)c(C(F)(F)F)c3)cc2)C1=O. The fourth-order valence-corrected chi connectivity index (χ4v) is 4.90. The molecular formula is C18H14ClF3N2O4S. The van der Waals surface area contributed by atoms with Crippen LogP contribution in [0.5, 0.6) is 0 Å². The summed E-state index contributed by atoms with van der Waals surface area (Å²) in [6, 6.07) is 8.07. The van der Waals surface area contributed by atoms with Crippen molar-refractivity contribution in [2.75, 3.05) is 15.4 Å². The molecule has 0 radical (unpaired) electrons. The molecule has 6 nitrogen and oxygen atoms in total. The van der Waals surface area contributed by atoms with Crippen molar-refractivity contribution < 1.29 is 31.2 Å². The van der Waals surface area contributed by atoms with Crippen LogP contribution in [0.25, 0.3) is 0 Å². The summed E-state index contributed by atoms with van der Waals surface area (Å²) in [7, 11) is -3.78. The Morgan fingerprint density at radius 2 is 1.79 bits per heavy atom. The fourth-order valence-electron chi connectivity index (χ4n) is 2.86. The van der Waals surface area contributed by atoms with E-state index >= 15 is 0 Å². The molecule has 1 heterocycles. The van der Waals surface area contributed by atoms with Crippen molar-refractivity contribution in [2.24, 2.45) is 5.92 Å². The van der Waals surface area contributed by atoms with Gasteiger partial charge in [-0.1, -0.05) is 18.5 Å². The monoisotopic (exact) mass is 446 g/mol. The lowest BCUT2D eigenvalue weighted by atomic mass is 10.1. The molecule has 0 bridgehead atoms. The summed E-state index contributed by atoms with van der Waals surface area (Å²) in [4.78, 5) is 24.4. The van der Waals surface area contributed by atoms with Crippen LogP contribution >= 0.6 is 11.6 Å². The van der Waals surface area contributed by atoms with Crippen LogP contribution in [-0.4, -0.2) is 26.0 Å². The number of hydrogen-bond acceptors (Lipinski definition) is 4. The Balaban J connectivity index is 1.81. The molecule has 2 aromatic rings. The third-order valence-corrected chi connectivity index (χ3v) is 6.45. The number of nitrogens with zero attached hydrogens (tertiary/aromatic N) is 1. The third kappa shape index (κ3) is 4.23. The molecule has 11 heteroatoms. The second-order valence-electron chi connectivity index (χ2n) is 6.48. The van der Waals surface area contributed by atoms with Crippen molar-refractivity contribution in [3.63, 3.8) is 0 Å².